The van der Waals surface area contributed by atoms with Crippen molar-refractivity contribution in [1.29, 1.82) is 0 Å². The monoisotopic (exact) mass is 996 g/mol. The van der Waals surface area contributed by atoms with Crippen LogP contribution in [0.1, 0.15) is 11.1 Å². The van der Waals surface area contributed by atoms with Crippen LogP contribution in [0.15, 0.2) is 274 Å². The van der Waals surface area contributed by atoms with Crippen molar-refractivity contribution in [2.75, 3.05) is 6.54 Å². The van der Waals surface area contributed by atoms with Gasteiger partial charge in [0.2, 0.25) is 0 Å². The van der Waals surface area contributed by atoms with Crippen LogP contribution in [0.25, 0.3) is 71.1 Å². The third kappa shape index (κ3) is 14.8. The van der Waals surface area contributed by atoms with Crippen molar-refractivity contribution in [1.82, 2.24) is 60.0 Å². The van der Waals surface area contributed by atoms with Crippen LogP contribution in [0.3, 0.4) is 0 Å². The van der Waals surface area contributed by atoms with Gasteiger partial charge in [-0.05, 0) is 95.1 Å². The summed E-state index contributed by atoms with van der Waals surface area (Å²) < 4.78 is 1.26. The molecule has 3 N–H and O–H groups in total. The Bertz CT molecular complexity index is 3390. The summed E-state index contributed by atoms with van der Waals surface area (Å²) in [6.45, 7) is 1.01. The van der Waals surface area contributed by atoms with E-state index in [4.69, 9.17) is 0 Å². The zero-order valence-corrected chi connectivity index (χ0v) is 41.6. The van der Waals surface area contributed by atoms with Gasteiger partial charge in [-0.25, -0.2) is 24.9 Å². The Labute approximate surface area is 438 Å². The molecule has 7 aromatic heterocycles. The molecule has 16 rings (SSSR count). The first-order valence-corrected chi connectivity index (χ1v) is 25.1. The number of thiazole rings is 1. The molecule has 0 spiro atoms. The Morgan fingerprint density at radius 1 is 0.480 bits per heavy atom. The summed E-state index contributed by atoms with van der Waals surface area (Å²) in [7, 11) is 0. The van der Waals surface area contributed by atoms with Crippen LogP contribution in [0, 0.1) is 0 Å². The minimum absolute atomic E-state index is 0.713. The molecule has 13 aromatic rings. The van der Waals surface area contributed by atoms with E-state index in [0.29, 0.717) is 5.65 Å². The van der Waals surface area contributed by atoms with Crippen molar-refractivity contribution in [2.45, 2.75) is 6.42 Å². The number of H-pyrrole nitrogens is 3. The second-order valence-corrected chi connectivity index (χ2v) is 17.3. The Hall–Kier alpha value is -9.98. The molecule has 366 valence electrons. The lowest BCUT2D eigenvalue weighted by Crippen LogP contribution is -2.18. The maximum atomic E-state index is 4.18. The number of hydrogen-bond donors (Lipinski definition) is 3. The maximum absolute atomic E-state index is 4.18. The van der Waals surface area contributed by atoms with E-state index in [1.807, 2.05) is 139 Å². The second-order valence-electron chi connectivity index (χ2n) is 16.5. The molecular formula is C62H52N12S. The van der Waals surface area contributed by atoms with Gasteiger partial charge in [0.25, 0.3) is 0 Å². The topological polar surface area (TPSA) is 154 Å². The Kier molecular flexibility index (Phi) is 18.0. The van der Waals surface area contributed by atoms with Gasteiger partial charge in [0.05, 0.1) is 62.8 Å². The number of nitrogens with zero attached hydrogens (tertiary/aromatic N) is 9. The van der Waals surface area contributed by atoms with E-state index in [2.05, 4.69) is 169 Å². The van der Waals surface area contributed by atoms with Crippen LogP contribution in [-0.2, 0) is 6.42 Å². The molecule has 0 radical (unpaired) electrons. The molecule has 13 heteroatoms. The molecule has 6 aromatic carbocycles. The smallest absolute Gasteiger partial charge is 0.180 e. The van der Waals surface area contributed by atoms with Crippen LogP contribution >= 0.6 is 11.3 Å². The van der Waals surface area contributed by atoms with E-state index in [1.54, 1.807) is 30.2 Å². The molecule has 1 aliphatic carbocycles. The fourth-order valence-electron chi connectivity index (χ4n) is 7.64. The van der Waals surface area contributed by atoms with Gasteiger partial charge in [-0.15, -0.1) is 11.3 Å². The number of imidazole rings is 2. The average molecular weight is 997 g/mol. The standard InChI is InChI=1S/C9H9N.2C9H7N.C9H8.2C7H6N2.C7H5NS.C5H4N4/c1-3-7-10-8-4-2-6-9(10)5-1;1-2-6-9-8(4-1)5-3-7-10-9;1-2-4-9-7-10-6-5-8(9)3-1;1-2-5-9-7-3-6-8(9)4-1;1-2-4-7-6(3-1)8-5-9-7;1-2-4-7-6(3-1)5-8-9-7;1-2-4-7-6(3-1)8-5-9-7;1-4-5(8-2-6-1)9-3-7-4/h1-7H,8H2;2*1-7H;1-6H,7H2;2*1-5H,(H,8,9);1-5H;1-3H,(H,6,7,8,9). The van der Waals surface area contributed by atoms with E-state index < -0.39 is 0 Å². The van der Waals surface area contributed by atoms with Crippen LogP contribution in [0.4, 0.5) is 0 Å². The van der Waals surface area contributed by atoms with E-state index >= 15 is 0 Å². The molecule has 0 atom stereocenters. The minimum atomic E-state index is 0.713. The van der Waals surface area contributed by atoms with Gasteiger partial charge in [-0.1, -0.05) is 146 Å². The van der Waals surface area contributed by atoms with Gasteiger partial charge in [0.1, 0.15) is 11.8 Å². The normalized spacial score (nSPS) is 12.0. The predicted octanol–water partition coefficient (Wildman–Crippen LogP) is 14.3. The van der Waals surface area contributed by atoms with Crippen molar-refractivity contribution in [3.8, 4) is 0 Å². The number of nitrogens with one attached hydrogen (secondary N) is 3. The molecule has 0 fully saturated rings. The summed E-state index contributed by atoms with van der Waals surface area (Å²) in [5.74, 6) is 0. The maximum Gasteiger partial charge on any atom is 0.180 e. The van der Waals surface area contributed by atoms with Crippen molar-refractivity contribution in [3.05, 3.63) is 285 Å². The van der Waals surface area contributed by atoms with Gasteiger partial charge in [-0.2, -0.15) is 5.10 Å². The number of benzene rings is 6. The number of allylic oxidation sites excluding steroid dienone is 6. The van der Waals surface area contributed by atoms with Gasteiger partial charge in [0.15, 0.2) is 5.65 Å². The molecule has 2 aliphatic heterocycles. The summed E-state index contributed by atoms with van der Waals surface area (Å²) in [5, 5.41) is 11.6. The molecule has 0 saturated carbocycles. The number of pyridine rings is 2. The van der Waals surface area contributed by atoms with Crippen molar-refractivity contribution >= 4 is 82.4 Å². The highest BCUT2D eigenvalue weighted by molar-refractivity contribution is 7.16. The molecule has 0 saturated heterocycles. The summed E-state index contributed by atoms with van der Waals surface area (Å²) >= 11 is 1.68. The summed E-state index contributed by atoms with van der Waals surface area (Å²) in [4.78, 5) is 36.1. The predicted molar refractivity (Wildman–Crippen MR) is 308 cm³/mol. The molecule has 0 amide bonds. The highest BCUT2D eigenvalue weighted by atomic mass is 32.1. The highest BCUT2D eigenvalue weighted by Crippen LogP contribution is 2.19. The molecule has 12 nitrogen and oxygen atoms in total. The Morgan fingerprint density at radius 2 is 1.21 bits per heavy atom. The van der Waals surface area contributed by atoms with Crippen LogP contribution < -0.4 is 0 Å². The van der Waals surface area contributed by atoms with Crippen molar-refractivity contribution < 1.29 is 0 Å². The molecule has 0 bridgehead atoms. The Balaban J connectivity index is 0.000000105. The van der Waals surface area contributed by atoms with E-state index in [-0.39, 0.29) is 0 Å². The van der Waals surface area contributed by atoms with Crippen molar-refractivity contribution in [3.63, 3.8) is 0 Å². The summed E-state index contributed by atoms with van der Waals surface area (Å²) in [6.07, 6.45) is 33.9. The van der Waals surface area contributed by atoms with Gasteiger partial charge in [0, 0.05) is 47.8 Å². The lowest BCUT2D eigenvalue weighted by atomic mass is 10.1. The second kappa shape index (κ2) is 27.0. The zero-order valence-electron chi connectivity index (χ0n) is 40.8. The highest BCUT2D eigenvalue weighted by Gasteiger charge is 2.05. The summed E-state index contributed by atoms with van der Waals surface area (Å²) in [5.41, 5.74) is 13.0. The molecule has 9 heterocycles. The molecule has 75 heavy (non-hydrogen) atoms. The lowest BCUT2D eigenvalue weighted by molar-refractivity contribution is 0.523. The number of para-hydroxylation sites is 5. The first kappa shape index (κ1) is 50.0. The van der Waals surface area contributed by atoms with Crippen LogP contribution in [-0.4, -0.2) is 66.5 Å². The van der Waals surface area contributed by atoms with E-state index in [1.165, 1.54) is 44.0 Å². The van der Waals surface area contributed by atoms with E-state index in [0.717, 1.165) is 51.5 Å². The first-order chi connectivity index (χ1) is 37.2. The lowest BCUT2D eigenvalue weighted by Gasteiger charge is -2.23. The van der Waals surface area contributed by atoms with Gasteiger partial charge in [-0.3, -0.25) is 15.1 Å². The SMILES string of the molecule is C1=CCN2C=CC=CC2=C1.C1=Cc2ccccc2C1.c1ccc2[nH]cnc2c1.c1ccc2[nH]ncc2c1.c1ccc2cnccc2c1.c1ccc2ncccc2c1.c1ccc2scnc2c1.c1ncc2[nH]cnc2n1. The number of aromatic nitrogens is 11. The Morgan fingerprint density at radius 3 is 2.03 bits per heavy atom. The summed E-state index contributed by atoms with van der Waals surface area (Å²) in [6, 6.07) is 54.9. The zero-order chi connectivity index (χ0) is 51.0. The third-order valence-electron chi connectivity index (χ3n) is 11.4. The fourth-order valence-corrected chi connectivity index (χ4v) is 8.32. The molecule has 3 aliphatic rings. The fraction of sp³-hybridized carbons (Fsp3) is 0.0323. The van der Waals surface area contributed by atoms with Crippen molar-refractivity contribution in [2.24, 2.45) is 0 Å². The van der Waals surface area contributed by atoms with Gasteiger partial charge < -0.3 is 14.9 Å². The quantitative estimate of drug-likeness (QED) is 0.135. The number of hydrogen-bond acceptors (Lipinski definition) is 10. The first-order valence-electron chi connectivity index (χ1n) is 24.2. The third-order valence-corrected chi connectivity index (χ3v) is 12.3. The average Bonchev–Trinajstić information content (AvgIpc) is 4.37. The molecular weight excluding hydrogens is 945 g/mol. The largest absolute Gasteiger partial charge is 0.345 e. The number of fused-ring (bicyclic) bond motifs is 8. The minimum Gasteiger partial charge on any atom is -0.345 e. The van der Waals surface area contributed by atoms with Crippen LogP contribution in [0.2, 0.25) is 0 Å². The molecule has 0 unspecified atom stereocenters. The van der Waals surface area contributed by atoms with Crippen LogP contribution in [0.5, 0.6) is 0 Å². The van der Waals surface area contributed by atoms with Gasteiger partial charge >= 0.3 is 0 Å². The number of rotatable bonds is 0. The number of aromatic amines is 3. The van der Waals surface area contributed by atoms with E-state index in [9.17, 15) is 0 Å².